The van der Waals surface area contributed by atoms with E-state index in [1.54, 1.807) is 6.92 Å². The summed E-state index contributed by atoms with van der Waals surface area (Å²) in [5, 5.41) is 13.5. The van der Waals surface area contributed by atoms with Crippen LogP contribution in [0.5, 0.6) is 5.75 Å². The lowest BCUT2D eigenvalue weighted by molar-refractivity contribution is 0.279. The van der Waals surface area contributed by atoms with Crippen molar-refractivity contribution in [1.82, 2.24) is 13.1 Å². The van der Waals surface area contributed by atoms with Crippen LogP contribution < -0.4 is 10.8 Å². The van der Waals surface area contributed by atoms with Crippen LogP contribution in [0.2, 0.25) is 0 Å². The number of rotatable bonds is 6. The highest BCUT2D eigenvalue weighted by atomic mass is 32.2. The van der Waals surface area contributed by atoms with Gasteiger partial charge in [-0.3, -0.25) is 0 Å². The lowest BCUT2D eigenvalue weighted by atomic mass is 9.86. The number of anilines is 2. The highest BCUT2D eigenvalue weighted by molar-refractivity contribution is 7.91. The van der Waals surface area contributed by atoms with Gasteiger partial charge in [-0.25, -0.2) is 17.7 Å². The molecule has 2 atom stereocenters. The molecule has 176 valence electrons. The van der Waals surface area contributed by atoms with Gasteiger partial charge in [0.25, 0.3) is 10.0 Å². The third-order valence-electron chi connectivity index (χ3n) is 4.68. The molecule has 0 bridgehead atoms. The normalized spacial score (nSPS) is 14.9. The second kappa shape index (κ2) is 8.63. The molecule has 0 fully saturated rings. The highest BCUT2D eigenvalue weighted by Crippen LogP contribution is 2.43. The van der Waals surface area contributed by atoms with E-state index in [1.807, 2.05) is 39.8 Å². The van der Waals surface area contributed by atoms with Crippen molar-refractivity contribution in [1.29, 1.82) is 0 Å². The second-order valence-electron chi connectivity index (χ2n) is 8.57. The Morgan fingerprint density at radius 1 is 1.34 bits per heavy atom. The lowest BCUT2D eigenvalue weighted by Crippen LogP contribution is -2.21. The molecule has 0 saturated carbocycles. The monoisotopic (exact) mass is 501 g/mol. The number of aromatic amines is 1. The van der Waals surface area contributed by atoms with Gasteiger partial charge in [-0.05, 0) is 31.4 Å². The largest absolute Gasteiger partial charge is 0.548 e. The first-order chi connectivity index (χ1) is 14.7. The summed E-state index contributed by atoms with van der Waals surface area (Å²) in [7, 11) is -1.06. The molecule has 3 N–H and O–H groups in total. The molecule has 0 amide bonds. The molecule has 3 aromatic rings. The summed E-state index contributed by atoms with van der Waals surface area (Å²) in [4.78, 5) is 5.25. The molecular formula is C19H27N5O5S3. The van der Waals surface area contributed by atoms with Crippen molar-refractivity contribution in [3.8, 4) is 5.75 Å². The fourth-order valence-electron chi connectivity index (χ4n) is 2.98. The Bertz CT molecular complexity index is 1290. The molecule has 0 spiro atoms. The highest BCUT2D eigenvalue weighted by Gasteiger charge is 2.31. The SMILES string of the molecule is Cc1ccc([C@H](N=c2[nH][s+]([O-])nc2Nc2c(C)sc(S(=O)(=O)N(C)C)c2O)C(C)(C)C)o1. The molecule has 3 rings (SSSR count). The molecule has 0 aliphatic carbocycles. The van der Waals surface area contributed by atoms with Gasteiger partial charge in [-0.2, -0.15) is 0 Å². The Morgan fingerprint density at radius 3 is 2.53 bits per heavy atom. The number of hydrogen-bond donors (Lipinski definition) is 3. The number of aromatic nitrogens is 2. The number of nitrogens with one attached hydrogen (secondary N) is 2. The Balaban J connectivity index is 2.09. The minimum Gasteiger partial charge on any atom is -0.548 e. The zero-order valence-corrected chi connectivity index (χ0v) is 21.3. The van der Waals surface area contributed by atoms with E-state index in [0.29, 0.717) is 10.6 Å². The van der Waals surface area contributed by atoms with Crippen LogP contribution in [-0.4, -0.2) is 45.2 Å². The van der Waals surface area contributed by atoms with Gasteiger partial charge in [0.1, 0.15) is 17.6 Å². The predicted octanol–water partition coefficient (Wildman–Crippen LogP) is 3.80. The number of hydrogen-bond acceptors (Lipinski definition) is 9. The van der Waals surface area contributed by atoms with Gasteiger partial charge in [0, 0.05) is 23.3 Å². The van der Waals surface area contributed by atoms with Crippen molar-refractivity contribution in [2.45, 2.75) is 44.9 Å². The fourth-order valence-corrected chi connectivity index (χ4v) is 6.28. The van der Waals surface area contributed by atoms with Crippen molar-refractivity contribution in [3.05, 3.63) is 34.0 Å². The van der Waals surface area contributed by atoms with E-state index in [2.05, 4.69) is 14.1 Å². The van der Waals surface area contributed by atoms with Gasteiger partial charge in [0.2, 0.25) is 11.3 Å². The van der Waals surface area contributed by atoms with E-state index in [4.69, 9.17) is 9.41 Å². The average Bonchev–Trinajstić information content (AvgIpc) is 3.32. The predicted molar refractivity (Wildman–Crippen MR) is 123 cm³/mol. The Labute approximate surface area is 193 Å². The number of aromatic hydroxyl groups is 1. The Kier molecular flexibility index (Phi) is 6.60. The summed E-state index contributed by atoms with van der Waals surface area (Å²) in [5.41, 5.74) is 0.0599. The maximum Gasteiger partial charge on any atom is 0.255 e. The molecule has 3 heterocycles. The van der Waals surface area contributed by atoms with Crippen molar-refractivity contribution < 1.29 is 22.5 Å². The van der Waals surface area contributed by atoms with Gasteiger partial charge in [-0.15, -0.1) is 15.7 Å². The van der Waals surface area contributed by atoms with E-state index < -0.39 is 33.0 Å². The maximum atomic E-state index is 12.5. The van der Waals surface area contributed by atoms with Crippen molar-refractivity contribution in [2.75, 3.05) is 19.4 Å². The van der Waals surface area contributed by atoms with E-state index in [1.165, 1.54) is 14.1 Å². The standard InChI is InChI=1S/C19H27N5O5S3/c1-10-8-9-12(29-10)15(19(3,4)5)21-17-16(22-31(26)23-17)20-13-11(2)30-18(14(13)25)32(27,28)24(6)7/h8-9,15,25H,1-7H3,(H,20,22)(H,21,23)/t15-,31?/m0/s1. The van der Waals surface area contributed by atoms with Crippen LogP contribution in [0, 0.1) is 19.3 Å². The summed E-state index contributed by atoms with van der Waals surface area (Å²) in [6, 6.07) is 3.28. The summed E-state index contributed by atoms with van der Waals surface area (Å²) in [6.45, 7) is 9.52. The van der Waals surface area contributed by atoms with Gasteiger partial charge in [-0.1, -0.05) is 20.8 Å². The first-order valence-corrected chi connectivity index (χ1v) is 13.0. The molecule has 0 saturated heterocycles. The first kappa shape index (κ1) is 24.5. The van der Waals surface area contributed by atoms with Crippen LogP contribution in [0.3, 0.4) is 0 Å². The summed E-state index contributed by atoms with van der Waals surface area (Å²) >= 11 is -0.841. The van der Waals surface area contributed by atoms with Gasteiger partial charge >= 0.3 is 0 Å². The smallest absolute Gasteiger partial charge is 0.255 e. The van der Waals surface area contributed by atoms with Crippen LogP contribution in [0.15, 0.2) is 25.8 Å². The topological polar surface area (TPSA) is 147 Å². The first-order valence-electron chi connectivity index (χ1n) is 9.65. The minimum atomic E-state index is -3.84. The Morgan fingerprint density at radius 2 is 2.00 bits per heavy atom. The Hall–Kier alpha value is -2.19. The summed E-state index contributed by atoms with van der Waals surface area (Å²) in [6.07, 6.45) is 0. The van der Waals surface area contributed by atoms with Gasteiger partial charge < -0.3 is 19.4 Å². The number of furan rings is 1. The van der Waals surface area contributed by atoms with E-state index >= 15 is 0 Å². The average molecular weight is 502 g/mol. The molecule has 32 heavy (non-hydrogen) atoms. The molecular weight excluding hydrogens is 474 g/mol. The van der Waals surface area contributed by atoms with Gasteiger partial charge in [0.15, 0.2) is 21.1 Å². The molecule has 13 heteroatoms. The van der Waals surface area contributed by atoms with Gasteiger partial charge in [0.05, 0.1) is 5.69 Å². The number of H-pyrrole nitrogens is 1. The second-order valence-corrected chi connectivity index (χ2v) is 13.0. The molecule has 0 radical (unpaired) electrons. The number of aryl methyl sites for hydroxylation is 2. The van der Waals surface area contributed by atoms with Crippen molar-refractivity contribution in [2.24, 2.45) is 10.4 Å². The van der Waals surface area contributed by atoms with Crippen LogP contribution in [0.25, 0.3) is 0 Å². The molecule has 10 nitrogen and oxygen atoms in total. The van der Waals surface area contributed by atoms with Crippen molar-refractivity contribution in [3.63, 3.8) is 0 Å². The van der Waals surface area contributed by atoms with Crippen LogP contribution >= 0.6 is 22.5 Å². The number of sulfonamides is 1. The molecule has 1 unspecified atom stereocenters. The molecule has 0 aliphatic rings. The molecule has 3 aromatic heterocycles. The van der Waals surface area contributed by atoms with Crippen LogP contribution in [-0.2, 0) is 10.0 Å². The summed E-state index contributed by atoms with van der Waals surface area (Å²) in [5.74, 6) is 1.11. The van der Waals surface area contributed by atoms with E-state index in [9.17, 15) is 18.1 Å². The zero-order chi connectivity index (χ0) is 24.0. The third kappa shape index (κ3) is 4.76. The quantitative estimate of drug-likeness (QED) is 0.435. The van der Waals surface area contributed by atoms with Crippen LogP contribution in [0.4, 0.5) is 11.5 Å². The zero-order valence-electron chi connectivity index (χ0n) is 18.9. The summed E-state index contributed by atoms with van der Waals surface area (Å²) < 4.78 is 50.5. The maximum absolute atomic E-state index is 12.5. The molecule has 0 aliphatic heterocycles. The van der Waals surface area contributed by atoms with E-state index in [0.717, 1.165) is 21.4 Å². The third-order valence-corrected chi connectivity index (χ3v) is 8.79. The molecule has 0 aromatic carbocycles. The lowest BCUT2D eigenvalue weighted by Gasteiger charge is -2.25. The minimum absolute atomic E-state index is 0.130. The fraction of sp³-hybridized carbons (Fsp3) is 0.474. The van der Waals surface area contributed by atoms with Crippen LogP contribution in [0.1, 0.15) is 43.2 Å². The number of nitrogens with zero attached hydrogens (tertiary/aromatic N) is 3. The van der Waals surface area contributed by atoms with Crippen molar-refractivity contribution >= 4 is 44.0 Å². The number of thiophene rings is 1. The van der Waals surface area contributed by atoms with E-state index in [-0.39, 0.29) is 26.6 Å².